The molecule has 2 heteroatoms. The second-order valence-electron chi connectivity index (χ2n) is 3.74. The Labute approximate surface area is 95.4 Å². The van der Waals surface area contributed by atoms with E-state index in [4.69, 9.17) is 10.8 Å². The van der Waals surface area contributed by atoms with Crippen LogP contribution in [-0.4, -0.2) is 11.7 Å². The Kier molecular flexibility index (Phi) is 3.34. The van der Waals surface area contributed by atoms with Gasteiger partial charge in [0.25, 0.3) is 0 Å². The summed E-state index contributed by atoms with van der Waals surface area (Å²) in [7, 11) is 0. The molecular weight excluding hydrogens is 198 g/mol. The van der Waals surface area contributed by atoms with Crippen LogP contribution in [0.3, 0.4) is 0 Å². The van der Waals surface area contributed by atoms with Crippen LogP contribution in [0.25, 0.3) is 11.1 Å². The van der Waals surface area contributed by atoms with Crippen LogP contribution in [0, 0.1) is 0 Å². The molecule has 0 unspecified atom stereocenters. The third-order valence-electron chi connectivity index (χ3n) is 2.64. The maximum Gasteiger partial charge on any atom is 0.0624 e. The minimum absolute atomic E-state index is 0.0379. The maximum absolute atomic E-state index is 9.13. The van der Waals surface area contributed by atoms with Crippen LogP contribution in [-0.2, 0) is 0 Å². The van der Waals surface area contributed by atoms with Crippen molar-refractivity contribution < 1.29 is 5.11 Å². The van der Waals surface area contributed by atoms with Crippen molar-refractivity contribution in [1.29, 1.82) is 0 Å². The molecule has 0 aliphatic heterocycles. The van der Waals surface area contributed by atoms with Crippen LogP contribution in [0.4, 0.5) is 0 Å². The molecule has 3 N–H and O–H groups in total. The molecule has 0 aromatic heterocycles. The van der Waals surface area contributed by atoms with Gasteiger partial charge in [0.15, 0.2) is 0 Å². The van der Waals surface area contributed by atoms with Gasteiger partial charge in [0.1, 0.15) is 0 Å². The number of rotatable bonds is 3. The van der Waals surface area contributed by atoms with Gasteiger partial charge in [-0.2, -0.15) is 0 Å². The molecule has 2 nitrogen and oxygen atoms in total. The van der Waals surface area contributed by atoms with E-state index in [9.17, 15) is 0 Å². The first kappa shape index (κ1) is 10.9. The molecule has 0 aliphatic rings. The summed E-state index contributed by atoms with van der Waals surface area (Å²) in [6, 6.07) is 17.7. The smallest absolute Gasteiger partial charge is 0.0624 e. The Bertz CT molecular complexity index is 453. The van der Waals surface area contributed by atoms with E-state index in [-0.39, 0.29) is 12.6 Å². The maximum atomic E-state index is 9.13. The average molecular weight is 213 g/mol. The minimum Gasteiger partial charge on any atom is -0.394 e. The summed E-state index contributed by atoms with van der Waals surface area (Å²) in [5, 5.41) is 9.13. The first-order valence-electron chi connectivity index (χ1n) is 5.33. The number of benzene rings is 2. The largest absolute Gasteiger partial charge is 0.394 e. The summed E-state index contributed by atoms with van der Waals surface area (Å²) in [5.74, 6) is 0. The molecule has 0 spiro atoms. The predicted molar refractivity (Wildman–Crippen MR) is 65.9 cm³/mol. The molecule has 0 amide bonds. The molecule has 0 radical (unpaired) electrons. The van der Waals surface area contributed by atoms with Gasteiger partial charge in [-0.15, -0.1) is 0 Å². The number of aliphatic hydroxyl groups excluding tert-OH is 1. The van der Waals surface area contributed by atoms with E-state index in [1.165, 1.54) is 0 Å². The summed E-state index contributed by atoms with van der Waals surface area (Å²) in [6.45, 7) is -0.0379. The van der Waals surface area contributed by atoms with E-state index in [0.29, 0.717) is 0 Å². The Morgan fingerprint density at radius 2 is 1.56 bits per heavy atom. The van der Waals surface area contributed by atoms with Crippen LogP contribution in [0.2, 0.25) is 0 Å². The third-order valence-corrected chi connectivity index (χ3v) is 2.64. The predicted octanol–water partition coefficient (Wildman–Crippen LogP) is 2.35. The fraction of sp³-hybridized carbons (Fsp3) is 0.143. The van der Waals surface area contributed by atoms with Crippen molar-refractivity contribution in [2.45, 2.75) is 6.04 Å². The number of aliphatic hydroxyl groups is 1. The van der Waals surface area contributed by atoms with Crippen LogP contribution >= 0.6 is 0 Å². The van der Waals surface area contributed by atoms with Crippen molar-refractivity contribution in [3.8, 4) is 11.1 Å². The van der Waals surface area contributed by atoms with Crippen LogP contribution in [0.15, 0.2) is 54.6 Å². The topological polar surface area (TPSA) is 46.2 Å². The molecular formula is C14H15NO. The van der Waals surface area contributed by atoms with Gasteiger partial charge in [-0.3, -0.25) is 0 Å². The zero-order valence-corrected chi connectivity index (χ0v) is 9.01. The Morgan fingerprint density at radius 3 is 2.25 bits per heavy atom. The lowest BCUT2D eigenvalue weighted by Gasteiger charge is -2.14. The highest BCUT2D eigenvalue weighted by Gasteiger charge is 2.10. The quantitative estimate of drug-likeness (QED) is 0.822. The molecule has 0 bridgehead atoms. The SMILES string of the molecule is N[C@@H](CO)c1ccccc1-c1ccccc1. The third kappa shape index (κ3) is 2.13. The lowest BCUT2D eigenvalue weighted by Crippen LogP contribution is -2.15. The van der Waals surface area contributed by atoms with Gasteiger partial charge in [0, 0.05) is 0 Å². The lowest BCUT2D eigenvalue weighted by molar-refractivity contribution is 0.268. The van der Waals surface area contributed by atoms with E-state index in [2.05, 4.69) is 0 Å². The first-order valence-corrected chi connectivity index (χ1v) is 5.33. The molecule has 16 heavy (non-hydrogen) atoms. The van der Waals surface area contributed by atoms with Gasteiger partial charge < -0.3 is 10.8 Å². The monoisotopic (exact) mass is 213 g/mol. The summed E-state index contributed by atoms with van der Waals surface area (Å²) < 4.78 is 0. The fourth-order valence-electron chi connectivity index (χ4n) is 1.80. The number of hydrogen-bond acceptors (Lipinski definition) is 2. The second kappa shape index (κ2) is 4.92. The molecule has 1 atom stereocenters. The standard InChI is InChI=1S/C14H15NO/c15-14(10-16)13-9-5-4-8-12(13)11-6-2-1-3-7-11/h1-9,14,16H,10,15H2/t14-/m0/s1. The zero-order valence-electron chi connectivity index (χ0n) is 9.01. The van der Waals surface area contributed by atoms with Gasteiger partial charge in [-0.25, -0.2) is 0 Å². The molecule has 2 aromatic rings. The molecule has 0 aliphatic carbocycles. The van der Waals surface area contributed by atoms with Crippen molar-refractivity contribution in [3.63, 3.8) is 0 Å². The summed E-state index contributed by atoms with van der Waals surface area (Å²) in [6.07, 6.45) is 0. The van der Waals surface area contributed by atoms with Gasteiger partial charge in [-0.05, 0) is 16.7 Å². The Hall–Kier alpha value is -1.64. The molecule has 82 valence electrons. The van der Waals surface area contributed by atoms with Crippen molar-refractivity contribution in [2.75, 3.05) is 6.61 Å². The molecule has 0 heterocycles. The van der Waals surface area contributed by atoms with E-state index in [1.54, 1.807) is 0 Å². The minimum atomic E-state index is -0.323. The highest BCUT2D eigenvalue weighted by atomic mass is 16.3. The molecule has 0 saturated carbocycles. The van der Waals surface area contributed by atoms with Gasteiger partial charge >= 0.3 is 0 Å². The van der Waals surface area contributed by atoms with Gasteiger partial charge in [-0.1, -0.05) is 54.6 Å². The number of hydrogen-bond donors (Lipinski definition) is 2. The average Bonchev–Trinajstić information content (AvgIpc) is 2.39. The van der Waals surface area contributed by atoms with Crippen LogP contribution in [0.5, 0.6) is 0 Å². The summed E-state index contributed by atoms with van der Waals surface area (Å²) >= 11 is 0. The summed E-state index contributed by atoms with van der Waals surface area (Å²) in [4.78, 5) is 0. The van der Waals surface area contributed by atoms with Crippen LogP contribution < -0.4 is 5.73 Å². The highest BCUT2D eigenvalue weighted by Crippen LogP contribution is 2.26. The lowest BCUT2D eigenvalue weighted by atomic mass is 9.96. The Balaban J connectivity index is 2.49. The van der Waals surface area contributed by atoms with Crippen molar-refractivity contribution in [1.82, 2.24) is 0 Å². The summed E-state index contributed by atoms with van der Waals surface area (Å²) in [5.41, 5.74) is 9.08. The van der Waals surface area contributed by atoms with Crippen molar-refractivity contribution in [3.05, 3.63) is 60.2 Å². The van der Waals surface area contributed by atoms with Gasteiger partial charge in [0.05, 0.1) is 12.6 Å². The number of nitrogens with two attached hydrogens (primary N) is 1. The molecule has 2 rings (SSSR count). The molecule has 0 saturated heterocycles. The van der Waals surface area contributed by atoms with Crippen molar-refractivity contribution in [2.24, 2.45) is 5.73 Å². The fourth-order valence-corrected chi connectivity index (χ4v) is 1.80. The Morgan fingerprint density at radius 1 is 0.938 bits per heavy atom. The normalized spacial score (nSPS) is 12.4. The van der Waals surface area contributed by atoms with E-state index in [0.717, 1.165) is 16.7 Å². The van der Waals surface area contributed by atoms with E-state index >= 15 is 0 Å². The molecule has 2 aromatic carbocycles. The van der Waals surface area contributed by atoms with Crippen LogP contribution in [0.1, 0.15) is 11.6 Å². The highest BCUT2D eigenvalue weighted by molar-refractivity contribution is 5.67. The second-order valence-corrected chi connectivity index (χ2v) is 3.74. The van der Waals surface area contributed by atoms with E-state index < -0.39 is 0 Å². The van der Waals surface area contributed by atoms with E-state index in [1.807, 2.05) is 54.6 Å². The van der Waals surface area contributed by atoms with Gasteiger partial charge in [0.2, 0.25) is 0 Å². The molecule has 0 fully saturated rings. The zero-order chi connectivity index (χ0) is 11.4. The van der Waals surface area contributed by atoms with Crippen molar-refractivity contribution >= 4 is 0 Å². The first-order chi connectivity index (χ1) is 7.83.